The summed E-state index contributed by atoms with van der Waals surface area (Å²) in [6.07, 6.45) is 2.75. The lowest BCUT2D eigenvalue weighted by Gasteiger charge is -2.05. The Balaban J connectivity index is 1.65. The average molecular weight is 172 g/mol. The van der Waals surface area contributed by atoms with Crippen molar-refractivity contribution in [1.29, 1.82) is 0 Å². The highest BCUT2D eigenvalue weighted by molar-refractivity contribution is 4.80. The number of hydrogen-bond donors (Lipinski definition) is 2. The second kappa shape index (κ2) is 6.40. The molecule has 0 aromatic carbocycles. The van der Waals surface area contributed by atoms with Crippen LogP contribution in [0.25, 0.3) is 0 Å². The second-order valence-electron chi connectivity index (χ2n) is 3.18. The fourth-order valence-electron chi connectivity index (χ4n) is 1.07. The molecule has 0 spiro atoms. The van der Waals surface area contributed by atoms with Gasteiger partial charge in [-0.3, -0.25) is 0 Å². The molecule has 0 saturated heterocycles. The van der Waals surface area contributed by atoms with E-state index in [1.807, 2.05) is 6.92 Å². The zero-order chi connectivity index (χ0) is 8.65. The van der Waals surface area contributed by atoms with Crippen LogP contribution in [-0.2, 0) is 4.74 Å². The molecule has 0 amide bonds. The van der Waals surface area contributed by atoms with Gasteiger partial charge in [0.15, 0.2) is 0 Å². The van der Waals surface area contributed by atoms with Crippen LogP contribution in [0.5, 0.6) is 0 Å². The van der Waals surface area contributed by atoms with Gasteiger partial charge in [0.2, 0.25) is 0 Å². The van der Waals surface area contributed by atoms with Crippen molar-refractivity contribution in [3.8, 4) is 0 Å². The lowest BCUT2D eigenvalue weighted by molar-refractivity contribution is 0.149. The fourth-order valence-corrected chi connectivity index (χ4v) is 1.07. The minimum Gasteiger partial charge on any atom is -0.380 e. The Morgan fingerprint density at radius 3 is 2.75 bits per heavy atom. The summed E-state index contributed by atoms with van der Waals surface area (Å²) >= 11 is 0. The molecule has 12 heavy (non-hydrogen) atoms. The summed E-state index contributed by atoms with van der Waals surface area (Å²) in [4.78, 5) is 0. The molecule has 0 aromatic rings. The molecule has 0 atom stereocenters. The maximum absolute atomic E-state index is 5.19. The summed E-state index contributed by atoms with van der Waals surface area (Å²) in [5, 5.41) is 6.76. The Labute approximate surface area is 74.9 Å². The van der Waals surface area contributed by atoms with Gasteiger partial charge in [-0.05, 0) is 19.8 Å². The van der Waals surface area contributed by atoms with Crippen LogP contribution in [-0.4, -0.2) is 38.9 Å². The van der Waals surface area contributed by atoms with Crippen LogP contribution in [0.1, 0.15) is 19.8 Å². The summed E-state index contributed by atoms with van der Waals surface area (Å²) in [6, 6.07) is 0.832. The zero-order valence-corrected chi connectivity index (χ0v) is 7.94. The summed E-state index contributed by atoms with van der Waals surface area (Å²) in [5.41, 5.74) is 0. The van der Waals surface area contributed by atoms with E-state index in [1.54, 1.807) is 0 Å². The Kier molecular flexibility index (Phi) is 5.32. The summed E-state index contributed by atoms with van der Waals surface area (Å²) in [7, 11) is 0. The molecule has 3 heteroatoms. The Morgan fingerprint density at radius 2 is 2.08 bits per heavy atom. The monoisotopic (exact) mass is 172 g/mol. The molecule has 0 aromatic heterocycles. The Hall–Kier alpha value is -0.120. The van der Waals surface area contributed by atoms with E-state index in [4.69, 9.17) is 4.74 Å². The van der Waals surface area contributed by atoms with Gasteiger partial charge in [0, 0.05) is 32.3 Å². The summed E-state index contributed by atoms with van der Waals surface area (Å²) in [5.74, 6) is 0. The Bertz CT molecular complexity index is 105. The van der Waals surface area contributed by atoms with Crippen LogP contribution in [0, 0.1) is 0 Å². The smallest absolute Gasteiger partial charge is 0.0590 e. The first kappa shape index (κ1) is 9.96. The van der Waals surface area contributed by atoms with Crippen molar-refractivity contribution < 1.29 is 4.74 Å². The third kappa shape index (κ3) is 5.52. The van der Waals surface area contributed by atoms with Crippen molar-refractivity contribution in [2.24, 2.45) is 0 Å². The molecule has 2 N–H and O–H groups in total. The van der Waals surface area contributed by atoms with E-state index < -0.39 is 0 Å². The van der Waals surface area contributed by atoms with Gasteiger partial charge in [-0.15, -0.1) is 0 Å². The van der Waals surface area contributed by atoms with Crippen LogP contribution in [0.4, 0.5) is 0 Å². The fraction of sp³-hybridized carbons (Fsp3) is 1.00. The number of nitrogens with one attached hydrogen (secondary N) is 2. The van der Waals surface area contributed by atoms with E-state index in [9.17, 15) is 0 Å². The maximum Gasteiger partial charge on any atom is 0.0590 e. The predicted molar refractivity (Wildman–Crippen MR) is 50.4 cm³/mol. The van der Waals surface area contributed by atoms with Gasteiger partial charge < -0.3 is 15.4 Å². The molecular weight excluding hydrogens is 152 g/mol. The quantitative estimate of drug-likeness (QED) is 0.519. The normalized spacial score (nSPS) is 16.8. The molecule has 1 rings (SSSR count). The largest absolute Gasteiger partial charge is 0.380 e. The van der Waals surface area contributed by atoms with Gasteiger partial charge >= 0.3 is 0 Å². The average Bonchev–Trinajstić information content (AvgIpc) is 2.87. The third-order valence-electron chi connectivity index (χ3n) is 1.94. The molecule has 3 nitrogen and oxygen atoms in total. The number of rotatable bonds is 8. The first-order chi connectivity index (χ1) is 5.93. The van der Waals surface area contributed by atoms with E-state index in [0.717, 1.165) is 38.9 Å². The van der Waals surface area contributed by atoms with Gasteiger partial charge in [-0.2, -0.15) is 0 Å². The molecule has 0 aliphatic heterocycles. The second-order valence-corrected chi connectivity index (χ2v) is 3.18. The highest BCUT2D eigenvalue weighted by Gasteiger charge is 2.19. The van der Waals surface area contributed by atoms with E-state index in [2.05, 4.69) is 10.6 Å². The van der Waals surface area contributed by atoms with Crippen LogP contribution in [0.2, 0.25) is 0 Å². The van der Waals surface area contributed by atoms with Crippen LogP contribution in [0.15, 0.2) is 0 Å². The minimum atomic E-state index is 0.821. The maximum atomic E-state index is 5.19. The van der Waals surface area contributed by atoms with Crippen molar-refractivity contribution in [2.75, 3.05) is 32.8 Å². The van der Waals surface area contributed by atoms with Crippen LogP contribution < -0.4 is 10.6 Å². The summed E-state index contributed by atoms with van der Waals surface area (Å²) in [6.45, 7) is 6.80. The van der Waals surface area contributed by atoms with E-state index in [-0.39, 0.29) is 0 Å². The van der Waals surface area contributed by atoms with Gasteiger partial charge in [0.1, 0.15) is 0 Å². The van der Waals surface area contributed by atoms with Gasteiger partial charge in [-0.1, -0.05) is 0 Å². The molecule has 0 heterocycles. The topological polar surface area (TPSA) is 33.3 Å². The van der Waals surface area contributed by atoms with Crippen molar-refractivity contribution in [1.82, 2.24) is 10.6 Å². The minimum absolute atomic E-state index is 0.821. The van der Waals surface area contributed by atoms with Crippen molar-refractivity contribution in [3.63, 3.8) is 0 Å². The van der Waals surface area contributed by atoms with Gasteiger partial charge in [-0.25, -0.2) is 0 Å². The highest BCUT2D eigenvalue weighted by Crippen LogP contribution is 2.17. The van der Waals surface area contributed by atoms with Crippen molar-refractivity contribution in [3.05, 3.63) is 0 Å². The van der Waals surface area contributed by atoms with Crippen molar-refractivity contribution >= 4 is 0 Å². The standard InChI is InChI=1S/C9H20N2O/c1-2-12-8-7-10-5-6-11-9-3-4-9/h9-11H,2-8H2,1H3. The molecular formula is C9H20N2O. The molecule has 0 bridgehead atoms. The van der Waals surface area contributed by atoms with Crippen LogP contribution in [0.3, 0.4) is 0 Å². The molecule has 1 aliphatic carbocycles. The van der Waals surface area contributed by atoms with E-state index in [1.165, 1.54) is 12.8 Å². The Morgan fingerprint density at radius 1 is 1.25 bits per heavy atom. The highest BCUT2D eigenvalue weighted by atomic mass is 16.5. The molecule has 0 unspecified atom stereocenters. The lowest BCUT2D eigenvalue weighted by Crippen LogP contribution is -2.30. The van der Waals surface area contributed by atoms with Gasteiger partial charge in [0.05, 0.1) is 6.61 Å². The third-order valence-corrected chi connectivity index (χ3v) is 1.94. The van der Waals surface area contributed by atoms with Crippen LogP contribution >= 0.6 is 0 Å². The number of ether oxygens (including phenoxy) is 1. The predicted octanol–water partition coefficient (Wildman–Crippen LogP) is 0.365. The van der Waals surface area contributed by atoms with Gasteiger partial charge in [0.25, 0.3) is 0 Å². The first-order valence-electron chi connectivity index (χ1n) is 4.95. The SMILES string of the molecule is CCOCCNCCNC1CC1. The number of hydrogen-bond acceptors (Lipinski definition) is 3. The first-order valence-corrected chi connectivity index (χ1v) is 4.95. The van der Waals surface area contributed by atoms with E-state index in [0.29, 0.717) is 0 Å². The lowest BCUT2D eigenvalue weighted by atomic mass is 10.5. The molecule has 72 valence electrons. The zero-order valence-electron chi connectivity index (χ0n) is 7.94. The van der Waals surface area contributed by atoms with E-state index >= 15 is 0 Å². The molecule has 1 fully saturated rings. The van der Waals surface area contributed by atoms with Crippen molar-refractivity contribution in [2.45, 2.75) is 25.8 Å². The molecule has 0 radical (unpaired) electrons. The molecule has 1 saturated carbocycles. The summed E-state index contributed by atoms with van der Waals surface area (Å²) < 4.78 is 5.19. The molecule has 1 aliphatic rings.